The third-order valence-electron chi connectivity index (χ3n) is 6.89. The zero-order chi connectivity index (χ0) is 23.5. The molecule has 0 aromatic heterocycles. The Balaban J connectivity index is 1.31. The van der Waals surface area contributed by atoms with Crippen LogP contribution in [0.1, 0.15) is 44.1 Å². The standard InChI is InChI=1S/C26H30N2O4S2/c29-25(15-10-19-6-4-5-7-19)27-26-28(23-17-34(30,31)18-24(23)33-26)21-11-13-22(14-12-21)32-16-20-8-2-1-3-9-20/h1-3,8-9,11-14,19,23-24H,4-7,10,15-18H2/t23-,24+/m1/s1. The fourth-order valence-corrected chi connectivity index (χ4v) is 9.03. The largest absolute Gasteiger partial charge is 0.489 e. The Hall–Kier alpha value is -2.32. The van der Waals surface area contributed by atoms with Crippen LogP contribution in [-0.2, 0) is 21.2 Å². The predicted octanol–water partition coefficient (Wildman–Crippen LogP) is 4.84. The number of amidine groups is 1. The van der Waals surface area contributed by atoms with Gasteiger partial charge in [-0.15, -0.1) is 0 Å². The quantitative estimate of drug-likeness (QED) is 0.544. The first-order chi connectivity index (χ1) is 16.5. The van der Waals surface area contributed by atoms with Gasteiger partial charge in [0, 0.05) is 17.4 Å². The van der Waals surface area contributed by atoms with Crippen molar-refractivity contribution in [3.05, 3.63) is 60.2 Å². The van der Waals surface area contributed by atoms with E-state index in [0.29, 0.717) is 24.1 Å². The molecule has 1 aliphatic carbocycles. The van der Waals surface area contributed by atoms with Crippen LogP contribution >= 0.6 is 11.8 Å². The van der Waals surface area contributed by atoms with Crippen LogP contribution < -0.4 is 9.64 Å². The van der Waals surface area contributed by atoms with Crippen molar-refractivity contribution in [1.29, 1.82) is 0 Å². The lowest BCUT2D eigenvalue weighted by molar-refractivity contribution is -0.118. The number of benzene rings is 2. The highest BCUT2D eigenvalue weighted by Gasteiger charge is 2.49. The van der Waals surface area contributed by atoms with Crippen LogP contribution in [0, 0.1) is 5.92 Å². The van der Waals surface area contributed by atoms with E-state index in [1.807, 2.05) is 59.5 Å². The Morgan fingerprint density at radius 3 is 2.50 bits per heavy atom. The van der Waals surface area contributed by atoms with Gasteiger partial charge in [0.15, 0.2) is 15.0 Å². The van der Waals surface area contributed by atoms with Gasteiger partial charge in [-0.3, -0.25) is 4.79 Å². The van der Waals surface area contributed by atoms with E-state index in [9.17, 15) is 13.2 Å². The molecule has 0 unspecified atom stereocenters. The molecule has 0 spiro atoms. The molecule has 34 heavy (non-hydrogen) atoms. The van der Waals surface area contributed by atoms with Crippen molar-refractivity contribution in [2.45, 2.75) is 56.4 Å². The summed E-state index contributed by atoms with van der Waals surface area (Å²) in [5, 5.41) is 0.527. The summed E-state index contributed by atoms with van der Waals surface area (Å²) in [4.78, 5) is 19.1. The number of hydrogen-bond donors (Lipinski definition) is 0. The summed E-state index contributed by atoms with van der Waals surface area (Å²) >= 11 is 1.43. The average Bonchev–Trinajstić information content (AvgIpc) is 3.52. The molecule has 0 radical (unpaired) electrons. The molecular formula is C26H30N2O4S2. The van der Waals surface area contributed by atoms with Crippen molar-refractivity contribution in [1.82, 2.24) is 0 Å². The summed E-state index contributed by atoms with van der Waals surface area (Å²) in [7, 11) is -3.09. The van der Waals surface area contributed by atoms with Crippen LogP contribution in [-0.4, -0.2) is 42.3 Å². The minimum atomic E-state index is -3.09. The van der Waals surface area contributed by atoms with Gasteiger partial charge >= 0.3 is 0 Å². The highest BCUT2D eigenvalue weighted by atomic mass is 32.2. The molecule has 1 saturated carbocycles. The number of ether oxygens (including phenoxy) is 1. The monoisotopic (exact) mass is 498 g/mol. The van der Waals surface area contributed by atoms with Crippen LogP contribution in [0.4, 0.5) is 5.69 Å². The molecule has 6 nitrogen and oxygen atoms in total. The molecule has 0 bridgehead atoms. The highest BCUT2D eigenvalue weighted by molar-refractivity contribution is 8.16. The smallest absolute Gasteiger partial charge is 0.248 e. The molecule has 1 amide bonds. The Morgan fingerprint density at radius 2 is 1.76 bits per heavy atom. The van der Waals surface area contributed by atoms with Crippen LogP contribution in [0.3, 0.4) is 0 Å². The summed E-state index contributed by atoms with van der Waals surface area (Å²) in [6.07, 6.45) is 6.31. The molecule has 3 aliphatic rings. The number of hydrogen-bond acceptors (Lipinski definition) is 5. The summed E-state index contributed by atoms with van der Waals surface area (Å²) in [6, 6.07) is 17.4. The average molecular weight is 499 g/mol. The van der Waals surface area contributed by atoms with E-state index < -0.39 is 9.84 Å². The number of amides is 1. The number of aliphatic imine (C=N–C) groups is 1. The third kappa shape index (κ3) is 5.49. The number of rotatable bonds is 7. The molecule has 2 aromatic carbocycles. The number of fused-ring (bicyclic) bond motifs is 1. The van der Waals surface area contributed by atoms with Gasteiger partial charge in [-0.1, -0.05) is 67.8 Å². The van der Waals surface area contributed by atoms with E-state index >= 15 is 0 Å². The molecule has 2 aromatic rings. The van der Waals surface area contributed by atoms with Gasteiger partial charge in [-0.05, 0) is 42.2 Å². The van der Waals surface area contributed by atoms with Crippen molar-refractivity contribution in [2.75, 3.05) is 16.4 Å². The highest BCUT2D eigenvalue weighted by Crippen LogP contribution is 2.41. The van der Waals surface area contributed by atoms with Crippen molar-refractivity contribution in [3.63, 3.8) is 0 Å². The maximum absolute atomic E-state index is 12.7. The SMILES string of the molecule is O=C(CCC1CCCC1)N=C1S[C@H]2CS(=O)(=O)C[C@H]2N1c1ccc(OCc2ccccc2)cc1. The zero-order valence-electron chi connectivity index (χ0n) is 19.1. The molecule has 2 atom stereocenters. The van der Waals surface area contributed by atoms with Gasteiger partial charge in [0.05, 0.1) is 17.5 Å². The van der Waals surface area contributed by atoms with Gasteiger partial charge in [0.25, 0.3) is 0 Å². The van der Waals surface area contributed by atoms with Gasteiger partial charge in [0.1, 0.15) is 12.4 Å². The number of anilines is 1. The van der Waals surface area contributed by atoms with Crippen molar-refractivity contribution >= 4 is 38.4 Å². The lowest BCUT2D eigenvalue weighted by Crippen LogP contribution is -2.37. The lowest BCUT2D eigenvalue weighted by atomic mass is 10.0. The van der Waals surface area contributed by atoms with Crippen molar-refractivity contribution in [2.24, 2.45) is 10.9 Å². The molecular weight excluding hydrogens is 468 g/mol. The van der Waals surface area contributed by atoms with E-state index in [2.05, 4.69) is 4.99 Å². The lowest BCUT2D eigenvalue weighted by Gasteiger charge is -2.24. The van der Waals surface area contributed by atoms with Crippen LogP contribution in [0.15, 0.2) is 59.6 Å². The van der Waals surface area contributed by atoms with Crippen molar-refractivity contribution < 1.29 is 17.9 Å². The maximum Gasteiger partial charge on any atom is 0.248 e. The number of nitrogens with zero attached hydrogens (tertiary/aromatic N) is 2. The third-order valence-corrected chi connectivity index (χ3v) is 10.1. The van der Waals surface area contributed by atoms with Gasteiger partial charge in [-0.2, -0.15) is 4.99 Å². The van der Waals surface area contributed by atoms with Gasteiger partial charge in [0.2, 0.25) is 5.91 Å². The first kappa shape index (κ1) is 23.4. The first-order valence-electron chi connectivity index (χ1n) is 12.0. The summed E-state index contributed by atoms with van der Waals surface area (Å²) in [5.74, 6) is 1.49. The fraction of sp³-hybridized carbons (Fsp3) is 0.462. The number of sulfone groups is 1. The predicted molar refractivity (Wildman–Crippen MR) is 137 cm³/mol. The maximum atomic E-state index is 12.7. The van der Waals surface area contributed by atoms with E-state index in [4.69, 9.17) is 4.74 Å². The second-order valence-electron chi connectivity index (χ2n) is 9.42. The normalized spacial score (nSPS) is 25.1. The second kappa shape index (κ2) is 10.1. The second-order valence-corrected chi connectivity index (χ2v) is 12.8. The Morgan fingerprint density at radius 1 is 1.03 bits per heavy atom. The van der Waals surface area contributed by atoms with E-state index in [1.54, 1.807) is 0 Å². The van der Waals surface area contributed by atoms with E-state index in [-0.39, 0.29) is 28.7 Å². The number of carbonyl (C=O) groups is 1. The molecule has 0 N–H and O–H groups in total. The van der Waals surface area contributed by atoms with Crippen LogP contribution in [0.2, 0.25) is 0 Å². The number of carbonyl (C=O) groups excluding carboxylic acids is 1. The molecule has 180 valence electrons. The minimum absolute atomic E-state index is 0.0895. The number of thioether (sulfide) groups is 1. The topological polar surface area (TPSA) is 76.0 Å². The fourth-order valence-electron chi connectivity index (χ4n) is 5.10. The summed E-state index contributed by atoms with van der Waals surface area (Å²) < 4.78 is 30.5. The summed E-state index contributed by atoms with van der Waals surface area (Å²) in [6.45, 7) is 0.477. The Bertz CT molecular complexity index is 1140. The molecule has 2 saturated heterocycles. The molecule has 2 heterocycles. The van der Waals surface area contributed by atoms with E-state index in [0.717, 1.165) is 23.4 Å². The molecule has 8 heteroatoms. The Kier molecular flexibility index (Phi) is 6.97. The summed E-state index contributed by atoms with van der Waals surface area (Å²) in [5.41, 5.74) is 1.93. The van der Waals surface area contributed by atoms with Gasteiger partial charge in [-0.25, -0.2) is 8.42 Å². The molecule has 3 fully saturated rings. The molecule has 5 rings (SSSR count). The minimum Gasteiger partial charge on any atom is -0.489 e. The Labute approximate surface area is 205 Å². The molecule has 2 aliphatic heterocycles. The van der Waals surface area contributed by atoms with Gasteiger partial charge < -0.3 is 9.64 Å². The van der Waals surface area contributed by atoms with Crippen molar-refractivity contribution in [3.8, 4) is 5.75 Å². The van der Waals surface area contributed by atoms with E-state index in [1.165, 1.54) is 37.4 Å². The first-order valence-corrected chi connectivity index (χ1v) is 14.7. The van der Waals surface area contributed by atoms with Crippen LogP contribution in [0.5, 0.6) is 5.75 Å². The zero-order valence-corrected chi connectivity index (χ0v) is 20.8. The van der Waals surface area contributed by atoms with Crippen LogP contribution in [0.25, 0.3) is 0 Å².